The molecule has 0 aromatic heterocycles. The molecule has 8 aromatic rings. The maximum atomic E-state index is 11.5. The van der Waals surface area contributed by atoms with Gasteiger partial charge in [0, 0.05) is 24.9 Å². The van der Waals surface area contributed by atoms with Gasteiger partial charge < -0.3 is 40.9 Å². The van der Waals surface area contributed by atoms with E-state index >= 15 is 0 Å². The van der Waals surface area contributed by atoms with E-state index in [9.17, 15) is 40.9 Å². The molecule has 0 N–H and O–H groups in total. The number of nitrogens with zero attached hydrogens (tertiary/aromatic N) is 4. The molecule has 14 heteroatoms. The van der Waals surface area contributed by atoms with E-state index in [0.717, 1.165) is 22.3 Å². The van der Waals surface area contributed by atoms with Crippen molar-refractivity contribution < 1.29 is 93.3 Å². The minimum Gasteiger partial charge on any atom is -0.872 e. The summed E-state index contributed by atoms with van der Waals surface area (Å²) in [5, 5.41) is 84.0. The van der Waals surface area contributed by atoms with Gasteiger partial charge in [-0.15, -0.1) is 47.4 Å². The molecule has 12 nitrogen and oxygen atoms in total. The summed E-state index contributed by atoms with van der Waals surface area (Å²) in [6, 6.07) is 68.0. The van der Waals surface area contributed by atoms with Crippen molar-refractivity contribution in [1.29, 1.82) is 0 Å². The second-order valence-corrected chi connectivity index (χ2v) is 19.8. The molecule has 0 aliphatic rings. The summed E-state index contributed by atoms with van der Waals surface area (Å²) >= 11 is 0. The third-order valence-electron chi connectivity index (χ3n) is 10.6. The first-order valence-electron chi connectivity index (χ1n) is 28.0. The van der Waals surface area contributed by atoms with Crippen molar-refractivity contribution in [3.8, 4) is 23.0 Å². The smallest absolute Gasteiger partial charge is 0.872 e. The van der Waals surface area contributed by atoms with E-state index in [-0.39, 0.29) is 99.6 Å². The van der Waals surface area contributed by atoms with E-state index in [0.29, 0.717) is 22.3 Å². The normalized spacial score (nSPS) is 11.8. The minimum atomic E-state index is -0.417. The first-order valence-corrected chi connectivity index (χ1v) is 28.0. The van der Waals surface area contributed by atoms with Crippen LogP contribution in [0.4, 0.5) is 0 Å². The van der Waals surface area contributed by atoms with Crippen molar-refractivity contribution in [2.24, 2.45) is 20.0 Å². The van der Waals surface area contributed by atoms with Crippen LogP contribution < -0.4 is 40.9 Å². The summed E-state index contributed by atoms with van der Waals surface area (Å²) in [6.07, 6.45) is 4.94. The molecule has 0 radical (unpaired) electrons. The molecule has 0 aliphatic carbocycles. The van der Waals surface area contributed by atoms with Gasteiger partial charge >= 0.3 is 52.4 Å². The molecular weight excluding hydrogens is 1230 g/mol. The van der Waals surface area contributed by atoms with Crippen molar-refractivity contribution in [3.63, 3.8) is 0 Å². The third-order valence-corrected chi connectivity index (χ3v) is 10.6. The van der Waals surface area contributed by atoms with Crippen LogP contribution in [0.2, 0.25) is 0 Å². The number of hydrogen-bond acceptors (Lipinski definition) is 12. The molecule has 8 aromatic carbocycles. The van der Waals surface area contributed by atoms with Gasteiger partial charge in [-0.25, -0.2) is 0 Å². The maximum absolute atomic E-state index is 11.5. The second-order valence-electron chi connectivity index (χ2n) is 19.8. The fraction of sp³-hybridized carbons (Fsp3) is 0.278. The molecular formula is C72H84N4O8Zr2. The molecule has 0 aliphatic heterocycles. The zero-order valence-corrected chi connectivity index (χ0v) is 56.7. The summed E-state index contributed by atoms with van der Waals surface area (Å²) in [5.41, 5.74) is 7.12. The van der Waals surface area contributed by atoms with Crippen LogP contribution in [-0.2, 0) is 52.4 Å². The SMILES string of the molecule is CC(C)[O-].CC(C)[O-].CC(C)[O-].CC(C)[O-].C[C@@H](N=Cc1ccccc1[O-])c1ccccc1.C[C@@H](N=Cc1ccccc1[O-])c1ccccc1.C[C@@H](N=Cc1ccccc1[O-])c1ccccc1.C[C@@H](N=Cc1ccccc1[O-])c1ccccc1.[Zr+4].[Zr+4]. The fourth-order valence-corrected chi connectivity index (χ4v) is 6.39. The zero-order valence-electron chi connectivity index (χ0n) is 51.8. The van der Waals surface area contributed by atoms with Gasteiger partial charge in [-0.3, -0.25) is 20.0 Å². The van der Waals surface area contributed by atoms with Crippen molar-refractivity contribution in [2.45, 2.75) is 132 Å². The fourth-order valence-electron chi connectivity index (χ4n) is 6.39. The van der Waals surface area contributed by atoms with E-state index < -0.39 is 24.4 Å². The molecule has 0 saturated heterocycles. The van der Waals surface area contributed by atoms with Crippen LogP contribution in [0.5, 0.6) is 23.0 Å². The Kier molecular flexibility index (Phi) is 46.7. The molecule has 0 unspecified atom stereocenters. The Morgan fingerprint density at radius 2 is 0.360 bits per heavy atom. The van der Waals surface area contributed by atoms with E-state index in [2.05, 4.69) is 20.0 Å². The van der Waals surface area contributed by atoms with Gasteiger partial charge in [-0.2, -0.15) is 0 Å². The van der Waals surface area contributed by atoms with Crippen LogP contribution >= 0.6 is 0 Å². The van der Waals surface area contributed by atoms with Crippen LogP contribution in [-0.4, -0.2) is 49.3 Å². The summed E-state index contributed by atoms with van der Waals surface area (Å²) in [4.78, 5) is 17.6. The predicted octanol–water partition coefficient (Wildman–Crippen LogP) is 10.8. The average Bonchev–Trinajstić information content (AvgIpc) is 3.58. The Morgan fingerprint density at radius 3 is 0.500 bits per heavy atom. The standard InChI is InChI=1S/4C15H15NO.4C3H7O.2Zr/c4*1-12(13-7-3-2-4-8-13)16-11-14-9-5-6-10-15(14)17;4*1-3(2)4;;/h4*2-12,17H,1H3;4*3H,1-2H3;;/q;;;;4*-1;2*+4/p-4/t4*12-;;;;;;/m1111....../s1. The molecule has 0 saturated carbocycles. The van der Waals surface area contributed by atoms with Crippen molar-refractivity contribution in [3.05, 3.63) is 263 Å². The first-order chi connectivity index (χ1) is 40.0. The van der Waals surface area contributed by atoms with Gasteiger partial charge in [0.1, 0.15) is 0 Å². The average molecular weight is 1320 g/mol. The number of rotatable bonds is 12. The van der Waals surface area contributed by atoms with Gasteiger partial charge in [0.2, 0.25) is 0 Å². The minimum absolute atomic E-state index is 0. The summed E-state index contributed by atoms with van der Waals surface area (Å²) < 4.78 is 0. The summed E-state index contributed by atoms with van der Waals surface area (Å²) in [7, 11) is 0. The van der Waals surface area contributed by atoms with E-state index in [1.54, 1.807) is 153 Å². The Bertz CT molecular complexity index is 2620. The van der Waals surface area contributed by atoms with Gasteiger partial charge in [-0.05, 0) is 72.2 Å². The van der Waals surface area contributed by atoms with Crippen LogP contribution in [0.3, 0.4) is 0 Å². The molecule has 8 rings (SSSR count). The first kappa shape index (κ1) is 81.3. The molecule has 86 heavy (non-hydrogen) atoms. The largest absolute Gasteiger partial charge is 4.00 e. The van der Waals surface area contributed by atoms with Crippen LogP contribution in [0, 0.1) is 0 Å². The summed E-state index contributed by atoms with van der Waals surface area (Å²) in [5.74, 6) is 0.0426. The molecule has 0 heterocycles. The van der Waals surface area contributed by atoms with Gasteiger partial charge in [-0.1, -0.05) is 274 Å². The molecule has 448 valence electrons. The predicted molar refractivity (Wildman–Crippen MR) is 334 cm³/mol. The topological polar surface area (TPSA) is 234 Å². The van der Waals surface area contributed by atoms with E-state index in [1.807, 2.05) is 173 Å². The van der Waals surface area contributed by atoms with Gasteiger partial charge in [0.25, 0.3) is 0 Å². The van der Waals surface area contributed by atoms with Crippen molar-refractivity contribution >= 4 is 24.9 Å². The van der Waals surface area contributed by atoms with E-state index in [1.165, 1.54) is 0 Å². The summed E-state index contributed by atoms with van der Waals surface area (Å²) in [6.45, 7) is 20.9. The molecule has 0 amide bonds. The van der Waals surface area contributed by atoms with Crippen molar-refractivity contribution in [2.75, 3.05) is 0 Å². The van der Waals surface area contributed by atoms with Gasteiger partial charge in [0.15, 0.2) is 0 Å². The monoisotopic (exact) mass is 1310 g/mol. The van der Waals surface area contributed by atoms with Crippen LogP contribution in [0.1, 0.15) is 152 Å². The zero-order chi connectivity index (χ0) is 62.7. The Labute approximate surface area is 551 Å². The third kappa shape index (κ3) is 40.5. The molecule has 4 atom stereocenters. The van der Waals surface area contributed by atoms with Gasteiger partial charge in [0.05, 0.1) is 24.2 Å². The van der Waals surface area contributed by atoms with Crippen LogP contribution in [0.15, 0.2) is 238 Å². The quantitative estimate of drug-likeness (QED) is 0.106. The van der Waals surface area contributed by atoms with Crippen molar-refractivity contribution in [1.82, 2.24) is 0 Å². The van der Waals surface area contributed by atoms with Crippen LogP contribution in [0.25, 0.3) is 0 Å². The van der Waals surface area contributed by atoms with E-state index in [4.69, 9.17) is 0 Å². The molecule has 0 bridgehead atoms. The number of para-hydroxylation sites is 4. The Balaban J connectivity index is 0. The number of aliphatic imine (C=N–C) groups is 4. The maximum Gasteiger partial charge on any atom is 4.00 e. The molecule has 0 fully saturated rings. The Hall–Kier alpha value is -6.75. The number of hydrogen-bond donors (Lipinski definition) is 0. The number of benzene rings is 8. The molecule has 0 spiro atoms. The second kappa shape index (κ2) is 49.4. The Morgan fingerprint density at radius 1 is 0.233 bits per heavy atom.